The van der Waals surface area contributed by atoms with E-state index in [2.05, 4.69) is 9.62 Å². The summed E-state index contributed by atoms with van der Waals surface area (Å²) in [5.41, 5.74) is 2.13. The van der Waals surface area contributed by atoms with Crippen molar-refractivity contribution in [1.29, 1.82) is 0 Å². The summed E-state index contributed by atoms with van der Waals surface area (Å²) in [6.07, 6.45) is 3.53. The largest absolute Gasteiger partial charge is 0.296 e. The molecule has 1 aromatic rings. The van der Waals surface area contributed by atoms with Crippen LogP contribution in [-0.2, 0) is 26.7 Å². The van der Waals surface area contributed by atoms with Crippen LogP contribution in [-0.4, -0.2) is 64.0 Å². The molecule has 0 saturated carbocycles. The number of rotatable bonds is 6. The lowest BCUT2D eigenvalue weighted by Crippen LogP contribution is -2.57. The first-order valence-corrected chi connectivity index (χ1v) is 13.6. The van der Waals surface area contributed by atoms with E-state index in [-0.39, 0.29) is 42.5 Å². The molecular weight excluding hydrogens is 431 g/mol. The molecule has 3 N–H and O–H groups in total. The normalized spacial score (nSPS) is 27.9. The van der Waals surface area contributed by atoms with Gasteiger partial charge in [0.2, 0.25) is 10.0 Å². The van der Waals surface area contributed by atoms with Gasteiger partial charge in [-0.15, -0.1) is 0 Å². The summed E-state index contributed by atoms with van der Waals surface area (Å²) in [7, 11) is -7.34. The summed E-state index contributed by atoms with van der Waals surface area (Å²) in [6.45, 7) is 2.21. The van der Waals surface area contributed by atoms with Crippen molar-refractivity contribution in [3.8, 4) is 0 Å². The Morgan fingerprint density at radius 3 is 2.77 bits per heavy atom. The highest BCUT2D eigenvalue weighted by atomic mass is 32.2. The van der Waals surface area contributed by atoms with Crippen molar-refractivity contribution >= 4 is 20.2 Å². The number of nitrogens with zero attached hydrogens (tertiary/aromatic N) is 2. The number of nitrogens with one attached hydrogen (secondary N) is 1. The number of halogens is 1. The van der Waals surface area contributed by atoms with Crippen LogP contribution in [0.3, 0.4) is 0 Å². The molecule has 3 aliphatic rings. The van der Waals surface area contributed by atoms with Crippen molar-refractivity contribution in [2.75, 3.05) is 31.9 Å². The van der Waals surface area contributed by atoms with Crippen LogP contribution in [0.25, 0.3) is 0 Å². The van der Waals surface area contributed by atoms with Crippen molar-refractivity contribution in [3.05, 3.63) is 35.1 Å². The summed E-state index contributed by atoms with van der Waals surface area (Å²) < 4.78 is 65.6. The fourth-order valence-corrected chi connectivity index (χ4v) is 7.56. The molecule has 3 atom stereocenters. The van der Waals surface area contributed by atoms with Gasteiger partial charge in [-0.25, -0.2) is 22.7 Å². The maximum Gasteiger partial charge on any atom is 0.274 e. The van der Waals surface area contributed by atoms with Crippen molar-refractivity contribution in [1.82, 2.24) is 13.9 Å². The predicted octanol–water partition coefficient (Wildman–Crippen LogP) is 0.722. The molecule has 2 saturated heterocycles. The third-order valence-electron chi connectivity index (χ3n) is 6.61. The summed E-state index contributed by atoms with van der Waals surface area (Å²) >= 11 is 0. The van der Waals surface area contributed by atoms with Gasteiger partial charge in [0.05, 0.1) is 5.75 Å². The molecule has 8 nitrogen and oxygen atoms in total. The van der Waals surface area contributed by atoms with Gasteiger partial charge in [-0.3, -0.25) is 4.90 Å². The Morgan fingerprint density at radius 1 is 1.20 bits per heavy atom. The van der Waals surface area contributed by atoms with Crippen molar-refractivity contribution in [3.63, 3.8) is 0 Å². The lowest BCUT2D eigenvalue weighted by atomic mass is 9.77. The van der Waals surface area contributed by atoms with Gasteiger partial charge in [0.25, 0.3) is 10.2 Å². The number of hydrogen-bond acceptors (Lipinski definition) is 5. The fourth-order valence-electron chi connectivity index (χ4n) is 5.31. The molecule has 1 aromatic carbocycles. The van der Waals surface area contributed by atoms with Crippen molar-refractivity contribution in [2.45, 2.75) is 44.2 Å². The van der Waals surface area contributed by atoms with E-state index in [1.807, 2.05) is 6.07 Å². The Labute approximate surface area is 177 Å². The van der Waals surface area contributed by atoms with E-state index in [0.29, 0.717) is 13.0 Å². The van der Waals surface area contributed by atoms with Crippen LogP contribution >= 0.6 is 0 Å². The summed E-state index contributed by atoms with van der Waals surface area (Å²) in [5.74, 6) is -0.0604. The molecule has 0 radical (unpaired) electrons. The van der Waals surface area contributed by atoms with Crippen LogP contribution in [0.4, 0.5) is 4.39 Å². The maximum absolute atomic E-state index is 13.7. The molecule has 0 aromatic heterocycles. The van der Waals surface area contributed by atoms with Gasteiger partial charge in [0.15, 0.2) is 0 Å². The second kappa shape index (κ2) is 8.44. The minimum Gasteiger partial charge on any atom is -0.296 e. The lowest BCUT2D eigenvalue weighted by Gasteiger charge is -2.51. The number of fused-ring (bicyclic) bond motifs is 4. The maximum atomic E-state index is 13.7. The van der Waals surface area contributed by atoms with Crippen LogP contribution in [0.1, 0.15) is 42.9 Å². The molecule has 0 bridgehead atoms. The highest BCUT2D eigenvalue weighted by Gasteiger charge is 2.45. The lowest BCUT2D eigenvalue weighted by molar-refractivity contribution is 0.0219. The van der Waals surface area contributed by atoms with Gasteiger partial charge in [-0.1, -0.05) is 6.07 Å². The standard InChI is InChI=1S/C19H29FN4O4S2/c20-16-4-5-17-14(11-16)6-9-23-13-15-3-1-8-24(18(15)12-19(17)23)29(25,26)10-2-7-22-30(21,27)28/h4-5,11,15,18-19,22H,1-3,6-10,12-13H2,(H2,21,27,28)/t15-,18+,19-/m0/s1. The topological polar surface area (TPSA) is 113 Å². The van der Waals surface area contributed by atoms with Gasteiger partial charge < -0.3 is 0 Å². The number of benzene rings is 1. The molecule has 3 heterocycles. The smallest absolute Gasteiger partial charge is 0.274 e. The average molecular weight is 461 g/mol. The molecule has 0 amide bonds. The third kappa shape index (κ3) is 4.71. The first-order valence-electron chi connectivity index (χ1n) is 10.4. The molecule has 30 heavy (non-hydrogen) atoms. The van der Waals surface area contributed by atoms with Gasteiger partial charge in [-0.05, 0) is 61.3 Å². The van der Waals surface area contributed by atoms with Gasteiger partial charge in [0.1, 0.15) is 5.82 Å². The van der Waals surface area contributed by atoms with Crippen LogP contribution in [0.2, 0.25) is 0 Å². The quantitative estimate of drug-likeness (QED) is 0.608. The molecule has 0 unspecified atom stereocenters. The monoisotopic (exact) mass is 460 g/mol. The summed E-state index contributed by atoms with van der Waals surface area (Å²) in [6, 6.07) is 4.97. The van der Waals surface area contributed by atoms with Crippen molar-refractivity contribution < 1.29 is 21.2 Å². The summed E-state index contributed by atoms with van der Waals surface area (Å²) in [4.78, 5) is 2.42. The molecule has 0 aliphatic carbocycles. The Bertz CT molecular complexity index is 1000. The Morgan fingerprint density at radius 2 is 2.00 bits per heavy atom. The Hall–Kier alpha value is -1.11. The minimum atomic E-state index is -3.82. The minimum absolute atomic E-state index is 0.00462. The highest BCUT2D eigenvalue weighted by molar-refractivity contribution is 7.89. The molecule has 4 rings (SSSR count). The van der Waals surface area contributed by atoms with E-state index < -0.39 is 20.2 Å². The molecular formula is C19H29FN4O4S2. The van der Waals surface area contributed by atoms with Crippen LogP contribution in [0.15, 0.2) is 18.2 Å². The second-order valence-electron chi connectivity index (χ2n) is 8.53. The van der Waals surface area contributed by atoms with Crippen LogP contribution in [0, 0.1) is 11.7 Å². The SMILES string of the molecule is NS(=O)(=O)NCCCS(=O)(=O)N1CCC[C@H]2CN3CCc4cc(F)ccc4[C@@H]3C[C@H]21. The van der Waals surface area contributed by atoms with E-state index >= 15 is 0 Å². The molecule has 3 aliphatic heterocycles. The number of sulfonamides is 1. The zero-order valence-corrected chi connectivity index (χ0v) is 18.5. The van der Waals surface area contributed by atoms with E-state index in [4.69, 9.17) is 5.14 Å². The average Bonchev–Trinajstić information content (AvgIpc) is 2.68. The highest BCUT2D eigenvalue weighted by Crippen LogP contribution is 2.43. The molecule has 0 spiro atoms. The molecule has 2 fully saturated rings. The number of nitrogens with two attached hydrogens (primary N) is 1. The third-order valence-corrected chi connectivity index (χ3v) is 9.19. The second-order valence-corrected chi connectivity index (χ2v) is 11.9. The fraction of sp³-hybridized carbons (Fsp3) is 0.684. The number of piperidine rings is 2. The van der Waals surface area contributed by atoms with Gasteiger partial charge in [0, 0.05) is 38.3 Å². The Kier molecular flexibility index (Phi) is 6.21. The zero-order chi connectivity index (χ0) is 21.5. The van der Waals surface area contributed by atoms with Crippen LogP contribution < -0.4 is 9.86 Å². The van der Waals surface area contributed by atoms with E-state index in [1.165, 1.54) is 6.07 Å². The zero-order valence-electron chi connectivity index (χ0n) is 16.8. The first kappa shape index (κ1) is 22.1. The van der Waals surface area contributed by atoms with Gasteiger partial charge >= 0.3 is 0 Å². The summed E-state index contributed by atoms with van der Waals surface area (Å²) in [5, 5.41) is 4.90. The van der Waals surface area contributed by atoms with Crippen molar-refractivity contribution in [2.24, 2.45) is 11.1 Å². The van der Waals surface area contributed by atoms with E-state index in [0.717, 1.165) is 43.5 Å². The number of hydrogen-bond donors (Lipinski definition) is 2. The van der Waals surface area contributed by atoms with Gasteiger partial charge in [-0.2, -0.15) is 12.7 Å². The first-order chi connectivity index (χ1) is 14.1. The van der Waals surface area contributed by atoms with Crippen LogP contribution in [0.5, 0.6) is 0 Å². The Balaban J connectivity index is 1.49. The predicted molar refractivity (Wildman–Crippen MR) is 112 cm³/mol. The molecule has 168 valence electrons. The van der Waals surface area contributed by atoms with E-state index in [1.54, 1.807) is 10.4 Å². The molecule has 11 heteroatoms. The van der Waals surface area contributed by atoms with E-state index in [9.17, 15) is 21.2 Å².